The zero-order chi connectivity index (χ0) is 13.8. The van der Waals surface area contributed by atoms with Crippen LogP contribution in [0.2, 0.25) is 0 Å². The minimum Gasteiger partial charge on any atom is -0.373 e. The zero-order valence-electron chi connectivity index (χ0n) is 11.9. The molecule has 0 aliphatic carbocycles. The SMILES string of the molecule is CCCC1CC(=O)N(Cc2nc(C)cc(NC)n2)C1. The number of nitrogens with zero attached hydrogens (tertiary/aromatic N) is 3. The standard InChI is InChI=1S/C14H22N4O/c1-4-5-11-7-14(19)18(8-11)9-13-16-10(2)6-12(15-3)17-13/h6,11H,4-5,7-9H2,1-3H3,(H,15,16,17). The van der Waals surface area contributed by atoms with Crippen LogP contribution in [0.1, 0.15) is 37.7 Å². The van der Waals surface area contributed by atoms with Crippen molar-refractivity contribution in [3.05, 3.63) is 17.6 Å². The molecule has 1 atom stereocenters. The minimum atomic E-state index is 0.231. The van der Waals surface area contributed by atoms with E-state index < -0.39 is 0 Å². The van der Waals surface area contributed by atoms with E-state index in [0.29, 0.717) is 18.9 Å². The van der Waals surface area contributed by atoms with E-state index in [-0.39, 0.29) is 5.91 Å². The van der Waals surface area contributed by atoms with Crippen molar-refractivity contribution in [2.24, 2.45) is 5.92 Å². The van der Waals surface area contributed by atoms with E-state index in [9.17, 15) is 4.79 Å². The van der Waals surface area contributed by atoms with E-state index in [4.69, 9.17) is 0 Å². The molecule has 2 rings (SSSR count). The largest absolute Gasteiger partial charge is 0.373 e. The Kier molecular flexibility index (Phi) is 4.35. The maximum absolute atomic E-state index is 12.0. The quantitative estimate of drug-likeness (QED) is 0.881. The molecule has 1 saturated heterocycles. The third-order valence-electron chi connectivity index (χ3n) is 3.48. The lowest BCUT2D eigenvalue weighted by Gasteiger charge is -2.16. The molecular weight excluding hydrogens is 240 g/mol. The minimum absolute atomic E-state index is 0.231. The normalized spacial score (nSPS) is 19.0. The lowest BCUT2D eigenvalue weighted by Crippen LogP contribution is -2.26. The summed E-state index contributed by atoms with van der Waals surface area (Å²) in [5.74, 6) is 2.26. The molecule has 19 heavy (non-hydrogen) atoms. The van der Waals surface area contributed by atoms with Crippen LogP contribution < -0.4 is 5.32 Å². The summed E-state index contributed by atoms with van der Waals surface area (Å²) in [4.78, 5) is 22.7. The molecular formula is C14H22N4O. The van der Waals surface area contributed by atoms with Gasteiger partial charge in [0.2, 0.25) is 5.91 Å². The van der Waals surface area contributed by atoms with Gasteiger partial charge in [-0.1, -0.05) is 13.3 Å². The number of aryl methyl sites for hydroxylation is 1. The third kappa shape index (κ3) is 3.43. The Morgan fingerprint density at radius 2 is 2.26 bits per heavy atom. The second-order valence-electron chi connectivity index (χ2n) is 5.19. The van der Waals surface area contributed by atoms with Gasteiger partial charge >= 0.3 is 0 Å². The molecule has 5 nitrogen and oxygen atoms in total. The predicted molar refractivity (Wildman–Crippen MR) is 74.7 cm³/mol. The van der Waals surface area contributed by atoms with E-state index in [1.54, 1.807) is 0 Å². The Morgan fingerprint density at radius 3 is 2.95 bits per heavy atom. The third-order valence-corrected chi connectivity index (χ3v) is 3.48. The van der Waals surface area contributed by atoms with E-state index >= 15 is 0 Å². The van der Waals surface area contributed by atoms with Gasteiger partial charge < -0.3 is 10.2 Å². The van der Waals surface area contributed by atoms with Crippen LogP contribution in [0.4, 0.5) is 5.82 Å². The first-order chi connectivity index (χ1) is 9.12. The predicted octanol–water partition coefficient (Wildman–Crippen LogP) is 1.98. The number of amides is 1. The molecule has 0 spiro atoms. The van der Waals surface area contributed by atoms with Gasteiger partial charge in [0.1, 0.15) is 11.6 Å². The number of aromatic nitrogens is 2. The second kappa shape index (κ2) is 5.99. The Labute approximate surface area is 114 Å². The van der Waals surface area contributed by atoms with Gasteiger partial charge in [0.15, 0.2) is 0 Å². The Hall–Kier alpha value is -1.65. The average molecular weight is 262 g/mol. The van der Waals surface area contributed by atoms with Crippen LogP contribution >= 0.6 is 0 Å². The summed E-state index contributed by atoms with van der Waals surface area (Å²) in [6.45, 7) is 5.47. The van der Waals surface area contributed by atoms with Crippen molar-refractivity contribution >= 4 is 11.7 Å². The monoisotopic (exact) mass is 262 g/mol. The van der Waals surface area contributed by atoms with Crippen molar-refractivity contribution in [1.29, 1.82) is 0 Å². The fraction of sp³-hybridized carbons (Fsp3) is 0.643. The van der Waals surface area contributed by atoms with E-state index in [0.717, 1.165) is 36.7 Å². The number of carbonyl (C=O) groups is 1. The molecule has 104 valence electrons. The Balaban J connectivity index is 2.05. The fourth-order valence-electron chi connectivity index (χ4n) is 2.61. The highest BCUT2D eigenvalue weighted by atomic mass is 16.2. The summed E-state index contributed by atoms with van der Waals surface area (Å²) < 4.78 is 0. The zero-order valence-corrected chi connectivity index (χ0v) is 11.9. The van der Waals surface area contributed by atoms with Gasteiger partial charge in [-0.2, -0.15) is 0 Å². The topological polar surface area (TPSA) is 58.1 Å². The maximum Gasteiger partial charge on any atom is 0.223 e. The smallest absolute Gasteiger partial charge is 0.223 e. The highest BCUT2D eigenvalue weighted by molar-refractivity contribution is 5.78. The maximum atomic E-state index is 12.0. The van der Waals surface area contributed by atoms with Crippen LogP contribution in [-0.4, -0.2) is 34.4 Å². The van der Waals surface area contributed by atoms with Gasteiger partial charge in [0.05, 0.1) is 6.54 Å². The molecule has 5 heteroatoms. The summed E-state index contributed by atoms with van der Waals surface area (Å²) in [6.07, 6.45) is 2.94. The molecule has 1 unspecified atom stereocenters. The van der Waals surface area contributed by atoms with Gasteiger partial charge in [-0.3, -0.25) is 4.79 Å². The lowest BCUT2D eigenvalue weighted by molar-refractivity contribution is -0.128. The highest BCUT2D eigenvalue weighted by Gasteiger charge is 2.29. The molecule has 0 aromatic carbocycles. The summed E-state index contributed by atoms with van der Waals surface area (Å²) >= 11 is 0. The molecule has 1 aliphatic rings. The average Bonchev–Trinajstić information content (AvgIpc) is 2.69. The van der Waals surface area contributed by atoms with Crippen LogP contribution in [0.3, 0.4) is 0 Å². The van der Waals surface area contributed by atoms with Crippen molar-refractivity contribution in [3.8, 4) is 0 Å². The summed E-state index contributed by atoms with van der Waals surface area (Å²) in [5, 5.41) is 3.02. The first-order valence-electron chi connectivity index (χ1n) is 6.92. The molecule has 2 heterocycles. The van der Waals surface area contributed by atoms with Crippen LogP contribution in [0.5, 0.6) is 0 Å². The van der Waals surface area contributed by atoms with E-state index in [1.807, 2.05) is 24.9 Å². The summed E-state index contributed by atoms with van der Waals surface area (Å²) in [6, 6.07) is 1.90. The van der Waals surface area contributed by atoms with Crippen LogP contribution in [0.15, 0.2) is 6.07 Å². The molecule has 1 amide bonds. The van der Waals surface area contributed by atoms with Gasteiger partial charge in [0, 0.05) is 31.8 Å². The number of hydrogen-bond acceptors (Lipinski definition) is 4. The Morgan fingerprint density at radius 1 is 1.47 bits per heavy atom. The summed E-state index contributed by atoms with van der Waals surface area (Å²) in [5.41, 5.74) is 0.922. The number of nitrogens with one attached hydrogen (secondary N) is 1. The molecule has 1 fully saturated rings. The van der Waals surface area contributed by atoms with Crippen molar-refractivity contribution in [3.63, 3.8) is 0 Å². The van der Waals surface area contributed by atoms with Gasteiger partial charge in [-0.05, 0) is 19.3 Å². The number of rotatable bonds is 5. The number of hydrogen-bond donors (Lipinski definition) is 1. The first kappa shape index (κ1) is 13.8. The van der Waals surface area contributed by atoms with Crippen LogP contribution in [-0.2, 0) is 11.3 Å². The Bertz CT molecular complexity index is 461. The molecule has 0 saturated carbocycles. The van der Waals surface area contributed by atoms with E-state index in [2.05, 4.69) is 22.2 Å². The molecule has 0 radical (unpaired) electrons. The summed E-state index contributed by atoms with van der Waals surface area (Å²) in [7, 11) is 1.84. The molecule has 1 aromatic heterocycles. The first-order valence-corrected chi connectivity index (χ1v) is 6.92. The van der Waals surface area contributed by atoms with Crippen LogP contribution in [0, 0.1) is 12.8 Å². The number of likely N-dealkylation sites (tertiary alicyclic amines) is 1. The second-order valence-corrected chi connectivity index (χ2v) is 5.19. The van der Waals surface area contributed by atoms with Gasteiger partial charge in [-0.25, -0.2) is 9.97 Å². The van der Waals surface area contributed by atoms with Crippen molar-refractivity contribution < 1.29 is 4.79 Å². The van der Waals surface area contributed by atoms with Crippen LogP contribution in [0.25, 0.3) is 0 Å². The van der Waals surface area contributed by atoms with Gasteiger partial charge in [0.25, 0.3) is 0 Å². The molecule has 1 aromatic rings. The number of anilines is 1. The van der Waals surface area contributed by atoms with Crippen molar-refractivity contribution in [2.75, 3.05) is 18.9 Å². The number of carbonyl (C=O) groups excluding carboxylic acids is 1. The van der Waals surface area contributed by atoms with E-state index in [1.165, 1.54) is 0 Å². The molecule has 0 bridgehead atoms. The highest BCUT2D eigenvalue weighted by Crippen LogP contribution is 2.23. The van der Waals surface area contributed by atoms with Gasteiger partial charge in [-0.15, -0.1) is 0 Å². The lowest BCUT2D eigenvalue weighted by atomic mass is 10.0. The van der Waals surface area contributed by atoms with Crippen molar-refractivity contribution in [1.82, 2.24) is 14.9 Å². The fourth-order valence-corrected chi connectivity index (χ4v) is 2.61. The molecule has 1 aliphatic heterocycles. The molecule has 1 N–H and O–H groups in total. The van der Waals surface area contributed by atoms with Crippen molar-refractivity contribution in [2.45, 2.75) is 39.7 Å².